The fraction of sp³-hybridized carbons (Fsp3) is 0.227. The molecule has 1 heterocycles. The number of carbonyl (C=O) groups is 1. The van der Waals surface area contributed by atoms with E-state index < -0.39 is 10.0 Å². The van der Waals surface area contributed by atoms with Gasteiger partial charge in [-0.25, -0.2) is 8.42 Å². The highest BCUT2D eigenvalue weighted by Crippen LogP contribution is 2.26. The smallest absolute Gasteiger partial charge is 0.263 e. The van der Waals surface area contributed by atoms with Crippen molar-refractivity contribution in [3.63, 3.8) is 0 Å². The highest BCUT2D eigenvalue weighted by atomic mass is 35.5. The molecule has 2 N–H and O–H groups in total. The summed E-state index contributed by atoms with van der Waals surface area (Å²) in [6, 6.07) is 14.6. The van der Waals surface area contributed by atoms with E-state index in [0.29, 0.717) is 18.0 Å². The van der Waals surface area contributed by atoms with Crippen LogP contribution in [0.2, 0.25) is 5.02 Å². The molecule has 0 aliphatic rings. The van der Waals surface area contributed by atoms with Crippen molar-refractivity contribution in [2.24, 2.45) is 0 Å². The summed E-state index contributed by atoms with van der Waals surface area (Å²) in [7, 11) is 1.39. The molecule has 0 fully saturated rings. The molecule has 0 saturated carbocycles. The van der Waals surface area contributed by atoms with Crippen molar-refractivity contribution in [2.75, 3.05) is 32.5 Å². The minimum atomic E-state index is -4.01. The Morgan fingerprint density at radius 3 is 2.47 bits per heavy atom. The van der Waals surface area contributed by atoms with Crippen molar-refractivity contribution < 1.29 is 17.9 Å². The Balaban J connectivity index is 1.77. The standard InChI is InChI=1S/C22H24ClN3O4S2/c1-26(2)19(20-5-4-12-31-20)14-24-22(27)15-6-11-18(23)21(13-15)32(28,29)25-16-7-9-17(30-3)10-8-16/h4-13,19,25H,14H2,1-3H3,(H,24,27). The normalized spacial score (nSPS) is 12.4. The molecule has 0 spiro atoms. The van der Waals surface area contributed by atoms with Crippen LogP contribution >= 0.6 is 22.9 Å². The van der Waals surface area contributed by atoms with Crippen LogP contribution in [-0.4, -0.2) is 47.0 Å². The van der Waals surface area contributed by atoms with Gasteiger partial charge < -0.3 is 15.0 Å². The average Bonchev–Trinajstić information content (AvgIpc) is 3.28. The first-order valence-corrected chi connectivity index (χ1v) is 12.4. The molecule has 1 amide bonds. The fourth-order valence-corrected chi connectivity index (χ4v) is 5.54. The fourth-order valence-electron chi connectivity index (χ4n) is 3.03. The van der Waals surface area contributed by atoms with Gasteiger partial charge in [-0.2, -0.15) is 0 Å². The van der Waals surface area contributed by atoms with E-state index >= 15 is 0 Å². The van der Waals surface area contributed by atoms with E-state index in [9.17, 15) is 13.2 Å². The van der Waals surface area contributed by atoms with Gasteiger partial charge in [-0.3, -0.25) is 9.52 Å². The number of amides is 1. The van der Waals surface area contributed by atoms with Crippen molar-refractivity contribution in [2.45, 2.75) is 10.9 Å². The van der Waals surface area contributed by atoms with Crippen molar-refractivity contribution >= 4 is 44.6 Å². The van der Waals surface area contributed by atoms with E-state index in [4.69, 9.17) is 16.3 Å². The van der Waals surface area contributed by atoms with Gasteiger partial charge in [-0.1, -0.05) is 17.7 Å². The second-order valence-electron chi connectivity index (χ2n) is 7.18. The number of carbonyl (C=O) groups excluding carboxylic acids is 1. The Kier molecular flexibility index (Phi) is 7.78. The Morgan fingerprint density at radius 2 is 1.88 bits per heavy atom. The SMILES string of the molecule is COc1ccc(NS(=O)(=O)c2cc(C(=O)NCC(c3cccs3)N(C)C)ccc2Cl)cc1. The second-order valence-corrected chi connectivity index (χ2v) is 10.2. The molecule has 3 aromatic rings. The van der Waals surface area contributed by atoms with Gasteiger partial charge in [0.1, 0.15) is 10.6 Å². The summed E-state index contributed by atoms with van der Waals surface area (Å²) in [6.45, 7) is 0.376. The molecule has 0 aliphatic heterocycles. The maximum absolute atomic E-state index is 12.9. The number of hydrogen-bond acceptors (Lipinski definition) is 6. The number of rotatable bonds is 9. The van der Waals surface area contributed by atoms with Gasteiger partial charge in [0, 0.05) is 22.7 Å². The monoisotopic (exact) mass is 493 g/mol. The van der Waals surface area contributed by atoms with Gasteiger partial charge in [0.05, 0.1) is 18.2 Å². The van der Waals surface area contributed by atoms with Gasteiger partial charge in [-0.05, 0) is 68.0 Å². The van der Waals surface area contributed by atoms with Crippen molar-refractivity contribution in [3.05, 3.63) is 75.4 Å². The molecule has 0 aliphatic carbocycles. The first kappa shape index (κ1) is 24.1. The topological polar surface area (TPSA) is 87.7 Å². The van der Waals surface area contributed by atoms with E-state index in [1.165, 1.54) is 25.3 Å². The molecule has 1 atom stereocenters. The Bertz CT molecular complexity index is 1160. The van der Waals surface area contributed by atoms with Crippen molar-refractivity contribution in [1.29, 1.82) is 0 Å². The van der Waals surface area contributed by atoms with Crippen molar-refractivity contribution in [3.8, 4) is 5.75 Å². The first-order chi connectivity index (χ1) is 15.2. The first-order valence-electron chi connectivity index (χ1n) is 9.65. The lowest BCUT2D eigenvalue weighted by molar-refractivity contribution is 0.0942. The summed E-state index contributed by atoms with van der Waals surface area (Å²) in [4.78, 5) is 15.7. The van der Waals surface area contributed by atoms with Crippen LogP contribution < -0.4 is 14.8 Å². The van der Waals surface area contributed by atoms with Crippen LogP contribution in [0.5, 0.6) is 5.75 Å². The minimum absolute atomic E-state index is 0.00573. The summed E-state index contributed by atoms with van der Waals surface area (Å²) >= 11 is 7.77. The van der Waals surface area contributed by atoms with E-state index in [-0.39, 0.29) is 27.4 Å². The molecule has 2 aromatic carbocycles. The Hall–Kier alpha value is -2.59. The molecule has 0 radical (unpaired) electrons. The van der Waals surface area contributed by atoms with Gasteiger partial charge >= 0.3 is 0 Å². The zero-order valence-electron chi connectivity index (χ0n) is 17.8. The molecular formula is C22H24ClN3O4S2. The number of likely N-dealkylation sites (N-methyl/N-ethyl adjacent to an activating group) is 1. The summed E-state index contributed by atoms with van der Waals surface area (Å²) in [5, 5.41) is 4.89. The molecule has 1 aromatic heterocycles. The molecule has 10 heteroatoms. The number of halogens is 1. The summed E-state index contributed by atoms with van der Waals surface area (Å²) in [6.07, 6.45) is 0. The number of ether oxygens (including phenoxy) is 1. The summed E-state index contributed by atoms with van der Waals surface area (Å²) in [5.74, 6) is 0.217. The van der Waals surface area contributed by atoms with E-state index in [1.807, 2.05) is 36.5 Å². The van der Waals surface area contributed by atoms with Crippen LogP contribution in [0.3, 0.4) is 0 Å². The summed E-state index contributed by atoms with van der Waals surface area (Å²) in [5.41, 5.74) is 0.551. The predicted molar refractivity (Wildman–Crippen MR) is 128 cm³/mol. The molecule has 1 unspecified atom stereocenters. The van der Waals surface area contributed by atoms with Gasteiger partial charge in [0.25, 0.3) is 15.9 Å². The lowest BCUT2D eigenvalue weighted by Crippen LogP contribution is -2.34. The zero-order valence-corrected chi connectivity index (χ0v) is 20.2. The predicted octanol–water partition coefficient (Wildman–Crippen LogP) is 4.24. The molecule has 32 heavy (non-hydrogen) atoms. The number of thiophene rings is 1. The number of benzene rings is 2. The van der Waals surface area contributed by atoms with Gasteiger partial charge in [0.2, 0.25) is 0 Å². The van der Waals surface area contributed by atoms with Crippen LogP contribution in [0.15, 0.2) is 64.9 Å². The van der Waals surface area contributed by atoms with Crippen LogP contribution in [0.4, 0.5) is 5.69 Å². The number of nitrogens with zero attached hydrogens (tertiary/aromatic N) is 1. The Morgan fingerprint density at radius 1 is 1.16 bits per heavy atom. The highest BCUT2D eigenvalue weighted by molar-refractivity contribution is 7.92. The van der Waals surface area contributed by atoms with E-state index in [2.05, 4.69) is 10.0 Å². The second kappa shape index (κ2) is 10.4. The van der Waals surface area contributed by atoms with Crippen LogP contribution in [0.25, 0.3) is 0 Å². The third-order valence-corrected chi connectivity index (χ3v) is 7.61. The number of anilines is 1. The molecule has 0 saturated heterocycles. The van der Waals surface area contributed by atoms with Crippen LogP contribution in [0.1, 0.15) is 21.3 Å². The van der Waals surface area contributed by atoms with Gasteiger partial charge in [-0.15, -0.1) is 11.3 Å². The van der Waals surface area contributed by atoms with E-state index in [1.54, 1.807) is 35.6 Å². The molecule has 3 rings (SSSR count). The number of sulfonamides is 1. The van der Waals surface area contributed by atoms with Crippen LogP contribution in [0, 0.1) is 0 Å². The van der Waals surface area contributed by atoms with Crippen molar-refractivity contribution in [1.82, 2.24) is 10.2 Å². The summed E-state index contributed by atoms with van der Waals surface area (Å²) < 4.78 is 33.3. The van der Waals surface area contributed by atoms with Crippen LogP contribution in [-0.2, 0) is 10.0 Å². The molecule has 7 nitrogen and oxygen atoms in total. The quantitative estimate of drug-likeness (QED) is 0.465. The molecule has 0 bridgehead atoms. The lowest BCUT2D eigenvalue weighted by Gasteiger charge is -2.23. The number of hydrogen-bond donors (Lipinski definition) is 2. The largest absolute Gasteiger partial charge is 0.497 e. The average molecular weight is 494 g/mol. The molecular weight excluding hydrogens is 470 g/mol. The third kappa shape index (κ3) is 5.80. The number of methoxy groups -OCH3 is 1. The number of nitrogens with one attached hydrogen (secondary N) is 2. The maximum Gasteiger partial charge on any atom is 0.263 e. The highest BCUT2D eigenvalue weighted by Gasteiger charge is 2.22. The lowest BCUT2D eigenvalue weighted by atomic mass is 10.2. The minimum Gasteiger partial charge on any atom is -0.497 e. The molecule has 170 valence electrons. The Labute approximate surface area is 197 Å². The van der Waals surface area contributed by atoms with Gasteiger partial charge in [0.15, 0.2) is 0 Å². The van der Waals surface area contributed by atoms with E-state index in [0.717, 1.165) is 4.88 Å². The zero-order chi connectivity index (χ0) is 23.3. The third-order valence-electron chi connectivity index (χ3n) is 4.78. The maximum atomic E-state index is 12.9.